The van der Waals surface area contributed by atoms with Crippen LogP contribution in [0.3, 0.4) is 0 Å². The summed E-state index contributed by atoms with van der Waals surface area (Å²) in [6.45, 7) is 3.18. The van der Waals surface area contributed by atoms with Crippen molar-refractivity contribution in [3.05, 3.63) is 60.0 Å². The number of likely N-dealkylation sites (N-methyl/N-ethyl adjacent to an activating group) is 1. The van der Waals surface area contributed by atoms with Crippen molar-refractivity contribution in [3.63, 3.8) is 0 Å². The summed E-state index contributed by atoms with van der Waals surface area (Å²) < 4.78 is 19.8. The number of nitrogens with two attached hydrogens (primary N) is 1. The van der Waals surface area contributed by atoms with Gasteiger partial charge in [0.15, 0.2) is 18.2 Å². The molecule has 4 rings (SSSR count). The van der Waals surface area contributed by atoms with Gasteiger partial charge in [-0.15, -0.1) is 0 Å². The summed E-state index contributed by atoms with van der Waals surface area (Å²) in [6.07, 6.45) is 1.05. The van der Waals surface area contributed by atoms with Crippen LogP contribution in [0.4, 0.5) is 33.2 Å². The molecule has 37 heavy (non-hydrogen) atoms. The van der Waals surface area contributed by atoms with Crippen molar-refractivity contribution in [1.82, 2.24) is 20.2 Å². The summed E-state index contributed by atoms with van der Waals surface area (Å²) in [5, 5.41) is 8.62. The van der Waals surface area contributed by atoms with Gasteiger partial charge in [0, 0.05) is 56.4 Å². The highest BCUT2D eigenvalue weighted by Gasteiger charge is 2.20. The lowest BCUT2D eigenvalue weighted by atomic mass is 10.1. The van der Waals surface area contributed by atoms with E-state index >= 15 is 0 Å². The number of halogens is 1. The molecule has 1 aromatic heterocycles. The number of carbonyl (C=O) groups is 2. The molecule has 0 atom stereocenters. The molecule has 12 heteroatoms. The maximum absolute atomic E-state index is 14.5. The van der Waals surface area contributed by atoms with Gasteiger partial charge in [-0.1, -0.05) is 6.07 Å². The first kappa shape index (κ1) is 25.6. The average molecular weight is 509 g/mol. The number of hydrogen-bond donors (Lipinski definition) is 4. The van der Waals surface area contributed by atoms with E-state index < -0.39 is 11.7 Å². The minimum Gasteiger partial charge on any atom is -0.484 e. The third kappa shape index (κ3) is 6.61. The zero-order chi connectivity index (χ0) is 26.4. The molecule has 1 saturated heterocycles. The van der Waals surface area contributed by atoms with E-state index in [4.69, 9.17) is 10.5 Å². The zero-order valence-electron chi connectivity index (χ0n) is 20.6. The lowest BCUT2D eigenvalue weighted by Gasteiger charge is -2.35. The quantitative estimate of drug-likeness (QED) is 0.342. The number of anilines is 5. The normalized spacial score (nSPS) is 13.6. The number of amides is 2. The number of rotatable bonds is 9. The predicted octanol–water partition coefficient (Wildman–Crippen LogP) is 2.08. The van der Waals surface area contributed by atoms with Gasteiger partial charge in [0.1, 0.15) is 5.75 Å². The molecule has 3 aromatic rings. The first-order valence-electron chi connectivity index (χ1n) is 11.7. The smallest absolute Gasteiger partial charge is 0.255 e. The molecule has 0 saturated carbocycles. The molecule has 2 amide bonds. The van der Waals surface area contributed by atoms with E-state index in [2.05, 4.69) is 42.8 Å². The molecule has 2 aromatic carbocycles. The molecule has 1 aliphatic rings. The number of nitrogens with zero attached hydrogens (tertiary/aromatic N) is 4. The maximum atomic E-state index is 14.5. The minimum absolute atomic E-state index is 0.0647. The van der Waals surface area contributed by atoms with Crippen LogP contribution in [0.1, 0.15) is 10.4 Å². The van der Waals surface area contributed by atoms with Crippen LogP contribution in [-0.4, -0.2) is 73.6 Å². The average Bonchev–Trinajstić information content (AvgIpc) is 2.90. The summed E-state index contributed by atoms with van der Waals surface area (Å²) >= 11 is 0. The van der Waals surface area contributed by atoms with Crippen molar-refractivity contribution in [2.45, 2.75) is 0 Å². The molecular weight excluding hydrogens is 479 g/mol. The third-order valence-corrected chi connectivity index (χ3v) is 5.79. The summed E-state index contributed by atoms with van der Waals surface area (Å²) in [5.74, 6) is -1.01. The van der Waals surface area contributed by atoms with E-state index in [1.165, 1.54) is 0 Å². The number of primary amides is 1. The SMILES string of the molecule is CNC(=O)c1cc(Nc2ncc(F)c(Nc3cccc(OCC(N)=O)c3)n2)ccc1N1CCN(C)CC1. The van der Waals surface area contributed by atoms with E-state index in [0.29, 0.717) is 22.7 Å². The van der Waals surface area contributed by atoms with E-state index in [1.54, 1.807) is 37.4 Å². The Kier molecular flexibility index (Phi) is 7.98. The Hall–Kier alpha value is -4.45. The maximum Gasteiger partial charge on any atom is 0.255 e. The number of aromatic nitrogens is 2. The van der Waals surface area contributed by atoms with Crippen molar-refractivity contribution in [1.29, 1.82) is 0 Å². The van der Waals surface area contributed by atoms with Gasteiger partial charge in [0.25, 0.3) is 11.8 Å². The number of hydrogen-bond acceptors (Lipinski definition) is 9. The molecule has 194 valence electrons. The molecular formula is C25H29FN8O3. The first-order valence-corrected chi connectivity index (χ1v) is 11.7. The Bertz CT molecular complexity index is 1280. The summed E-state index contributed by atoms with van der Waals surface area (Å²) in [6, 6.07) is 12.1. The standard InChI is InChI=1S/C25H29FN8O3/c1-28-24(36)19-13-17(6-7-21(19)34-10-8-33(2)9-11-34)31-25-29-14-20(26)23(32-25)30-16-4-3-5-18(12-16)37-15-22(27)35/h3-7,12-14H,8-11,15H2,1-2H3,(H2,27,35)(H,28,36)(H2,29,30,31,32). The van der Waals surface area contributed by atoms with Crippen LogP contribution in [0.2, 0.25) is 0 Å². The molecule has 0 unspecified atom stereocenters. The highest BCUT2D eigenvalue weighted by molar-refractivity contribution is 6.00. The van der Waals surface area contributed by atoms with Gasteiger partial charge in [0.05, 0.1) is 11.8 Å². The number of ether oxygens (including phenoxy) is 1. The molecule has 5 N–H and O–H groups in total. The Balaban J connectivity index is 1.53. The van der Waals surface area contributed by atoms with E-state index in [9.17, 15) is 14.0 Å². The molecule has 0 aliphatic carbocycles. The predicted molar refractivity (Wildman–Crippen MR) is 139 cm³/mol. The van der Waals surface area contributed by atoms with Gasteiger partial charge in [-0.05, 0) is 37.4 Å². The Morgan fingerprint density at radius 1 is 1.08 bits per heavy atom. The Labute approximate surface area is 213 Å². The second kappa shape index (κ2) is 11.5. The first-order chi connectivity index (χ1) is 17.8. The van der Waals surface area contributed by atoms with Crippen molar-refractivity contribution < 1.29 is 18.7 Å². The number of carbonyl (C=O) groups excluding carboxylic acids is 2. The number of nitrogens with one attached hydrogen (secondary N) is 3. The molecule has 1 fully saturated rings. The minimum atomic E-state index is -0.662. The summed E-state index contributed by atoms with van der Waals surface area (Å²) in [5.41, 5.74) is 7.54. The molecule has 2 heterocycles. The van der Waals surface area contributed by atoms with Crippen LogP contribution < -0.4 is 31.3 Å². The van der Waals surface area contributed by atoms with Crippen LogP contribution in [0.5, 0.6) is 5.75 Å². The van der Waals surface area contributed by atoms with Crippen LogP contribution >= 0.6 is 0 Å². The molecule has 0 spiro atoms. The fraction of sp³-hybridized carbons (Fsp3) is 0.280. The van der Waals surface area contributed by atoms with Crippen molar-refractivity contribution in [2.75, 3.05) is 62.4 Å². The lowest BCUT2D eigenvalue weighted by molar-refractivity contribution is -0.119. The highest BCUT2D eigenvalue weighted by Crippen LogP contribution is 2.28. The third-order valence-electron chi connectivity index (χ3n) is 5.79. The number of piperazine rings is 1. The molecule has 11 nitrogen and oxygen atoms in total. The van der Waals surface area contributed by atoms with Crippen LogP contribution in [0.25, 0.3) is 0 Å². The summed E-state index contributed by atoms with van der Waals surface area (Å²) in [4.78, 5) is 36.3. The molecule has 0 bridgehead atoms. The monoisotopic (exact) mass is 508 g/mol. The molecule has 0 radical (unpaired) electrons. The topological polar surface area (TPSA) is 138 Å². The highest BCUT2D eigenvalue weighted by atomic mass is 19.1. The Morgan fingerprint density at radius 2 is 1.84 bits per heavy atom. The van der Waals surface area contributed by atoms with Crippen LogP contribution in [-0.2, 0) is 4.79 Å². The van der Waals surface area contributed by atoms with Gasteiger partial charge >= 0.3 is 0 Å². The van der Waals surface area contributed by atoms with Gasteiger partial charge < -0.3 is 36.2 Å². The second-order valence-electron chi connectivity index (χ2n) is 8.52. The van der Waals surface area contributed by atoms with Crippen molar-refractivity contribution >= 4 is 40.6 Å². The Morgan fingerprint density at radius 3 is 2.57 bits per heavy atom. The van der Waals surface area contributed by atoms with Gasteiger partial charge in [-0.3, -0.25) is 9.59 Å². The van der Waals surface area contributed by atoms with Gasteiger partial charge in [-0.25, -0.2) is 9.37 Å². The lowest BCUT2D eigenvalue weighted by Crippen LogP contribution is -2.45. The zero-order valence-corrected chi connectivity index (χ0v) is 20.6. The van der Waals surface area contributed by atoms with E-state index in [-0.39, 0.29) is 24.3 Å². The number of benzene rings is 2. The fourth-order valence-corrected chi connectivity index (χ4v) is 3.85. The van der Waals surface area contributed by atoms with E-state index in [0.717, 1.165) is 38.1 Å². The second-order valence-corrected chi connectivity index (χ2v) is 8.52. The van der Waals surface area contributed by atoms with Crippen LogP contribution in [0.15, 0.2) is 48.7 Å². The van der Waals surface area contributed by atoms with Crippen molar-refractivity contribution in [3.8, 4) is 5.75 Å². The van der Waals surface area contributed by atoms with Crippen molar-refractivity contribution in [2.24, 2.45) is 5.73 Å². The molecule has 1 aliphatic heterocycles. The fourth-order valence-electron chi connectivity index (χ4n) is 3.85. The largest absolute Gasteiger partial charge is 0.484 e. The van der Waals surface area contributed by atoms with E-state index in [1.807, 2.05) is 12.1 Å². The summed E-state index contributed by atoms with van der Waals surface area (Å²) in [7, 11) is 3.66. The van der Waals surface area contributed by atoms with Gasteiger partial charge in [0.2, 0.25) is 5.95 Å². The van der Waals surface area contributed by atoms with Crippen LogP contribution in [0, 0.1) is 5.82 Å². The van der Waals surface area contributed by atoms with Gasteiger partial charge in [-0.2, -0.15) is 4.98 Å².